The van der Waals surface area contributed by atoms with Gasteiger partial charge in [0.15, 0.2) is 5.69 Å². The molecule has 150 valence electrons. The van der Waals surface area contributed by atoms with Gasteiger partial charge in [-0.05, 0) is 0 Å². The molecule has 1 fully saturated rings. The van der Waals surface area contributed by atoms with Crippen molar-refractivity contribution in [2.24, 2.45) is 0 Å². The average Bonchev–Trinajstić information content (AvgIpc) is 2.59. The summed E-state index contributed by atoms with van der Waals surface area (Å²) >= 11 is 0. The number of halogens is 3. The zero-order chi connectivity index (χ0) is 20.2. The van der Waals surface area contributed by atoms with E-state index in [9.17, 15) is 38.5 Å². The molecular formula is C14H17F3N4O6. The lowest BCUT2D eigenvalue weighted by atomic mass is 10.1. The van der Waals surface area contributed by atoms with Gasteiger partial charge in [0.25, 0.3) is 11.4 Å². The minimum atomic E-state index is -4.98. The molecule has 1 aliphatic heterocycles. The molecule has 1 atom stereocenters. The lowest BCUT2D eigenvalue weighted by molar-refractivity contribution is -0.392. The first kappa shape index (κ1) is 20.8. The molecule has 2 rings (SSSR count). The minimum absolute atomic E-state index is 0.179. The highest BCUT2D eigenvalue weighted by molar-refractivity contribution is 5.75. The molecular weight excluding hydrogens is 377 g/mol. The first-order valence-corrected chi connectivity index (χ1v) is 7.85. The van der Waals surface area contributed by atoms with Crippen LogP contribution in [0, 0.1) is 20.2 Å². The molecule has 10 nitrogen and oxygen atoms in total. The number of nitro groups is 2. The van der Waals surface area contributed by atoms with Crippen LogP contribution in [0.25, 0.3) is 0 Å². The third-order valence-corrected chi connectivity index (χ3v) is 3.90. The fourth-order valence-corrected chi connectivity index (χ4v) is 2.61. The Hall–Kier alpha value is -2.51. The van der Waals surface area contributed by atoms with Crippen molar-refractivity contribution in [3.8, 4) is 0 Å². The Balaban J connectivity index is 2.23. The first-order valence-electron chi connectivity index (χ1n) is 7.85. The van der Waals surface area contributed by atoms with Gasteiger partial charge in [-0.3, -0.25) is 25.1 Å². The Morgan fingerprint density at radius 1 is 1.19 bits per heavy atom. The third kappa shape index (κ3) is 5.48. The van der Waals surface area contributed by atoms with Crippen LogP contribution in [0.3, 0.4) is 0 Å². The summed E-state index contributed by atoms with van der Waals surface area (Å²) in [5.41, 5.74) is -4.36. The summed E-state index contributed by atoms with van der Waals surface area (Å²) in [6.45, 7) is 1.96. The highest BCUT2D eigenvalue weighted by Crippen LogP contribution is 2.41. The van der Waals surface area contributed by atoms with Crippen LogP contribution < -0.4 is 5.32 Å². The van der Waals surface area contributed by atoms with Crippen LogP contribution in [-0.2, 0) is 10.9 Å². The van der Waals surface area contributed by atoms with Gasteiger partial charge < -0.3 is 15.2 Å². The number of nitrogens with zero attached hydrogens (tertiary/aromatic N) is 3. The van der Waals surface area contributed by atoms with Crippen LogP contribution in [0.15, 0.2) is 12.1 Å². The van der Waals surface area contributed by atoms with E-state index in [0.29, 0.717) is 26.3 Å². The normalized spacial score (nSPS) is 16.7. The summed E-state index contributed by atoms with van der Waals surface area (Å²) in [6, 6.07) is 0.452. The topological polar surface area (TPSA) is 131 Å². The monoisotopic (exact) mass is 394 g/mol. The van der Waals surface area contributed by atoms with Crippen LogP contribution in [0.4, 0.5) is 30.2 Å². The molecule has 0 aromatic heterocycles. The predicted molar refractivity (Wildman–Crippen MR) is 86.5 cm³/mol. The number of benzene rings is 1. The summed E-state index contributed by atoms with van der Waals surface area (Å²) in [5, 5.41) is 34.7. The van der Waals surface area contributed by atoms with Gasteiger partial charge in [0.05, 0.1) is 34.7 Å². The van der Waals surface area contributed by atoms with Gasteiger partial charge in [0.1, 0.15) is 0 Å². The fourth-order valence-electron chi connectivity index (χ4n) is 2.61. The second-order valence-corrected chi connectivity index (χ2v) is 5.85. The summed E-state index contributed by atoms with van der Waals surface area (Å²) < 4.78 is 43.7. The molecule has 27 heavy (non-hydrogen) atoms. The van der Waals surface area contributed by atoms with Gasteiger partial charge >= 0.3 is 6.18 Å². The maximum atomic E-state index is 12.9. The van der Waals surface area contributed by atoms with Crippen molar-refractivity contribution in [1.29, 1.82) is 0 Å². The zero-order valence-corrected chi connectivity index (χ0v) is 13.9. The smallest absolute Gasteiger partial charge is 0.390 e. The Morgan fingerprint density at radius 2 is 1.70 bits per heavy atom. The lowest BCUT2D eigenvalue weighted by Gasteiger charge is -2.28. The standard InChI is InChI=1S/C14H17F3N4O6/c15-14(16,17)9-5-11(20(23)24)13(12(6-9)21(25)26)18-7-10(22)8-19-1-3-27-4-2-19/h5-6,10,18,22H,1-4,7-8H2/t10-/m1/s1. The molecule has 0 radical (unpaired) electrons. The number of anilines is 1. The minimum Gasteiger partial charge on any atom is -0.390 e. The number of rotatable bonds is 7. The molecule has 13 heteroatoms. The fraction of sp³-hybridized carbons (Fsp3) is 0.571. The molecule has 0 amide bonds. The highest BCUT2D eigenvalue weighted by atomic mass is 19.4. The van der Waals surface area contributed by atoms with E-state index in [4.69, 9.17) is 4.74 Å². The average molecular weight is 394 g/mol. The van der Waals surface area contributed by atoms with Gasteiger partial charge in [0.2, 0.25) is 0 Å². The van der Waals surface area contributed by atoms with E-state index in [2.05, 4.69) is 5.32 Å². The molecule has 0 aliphatic carbocycles. The number of hydrogen-bond donors (Lipinski definition) is 2. The molecule has 0 unspecified atom stereocenters. The van der Waals surface area contributed by atoms with Crippen molar-refractivity contribution in [2.45, 2.75) is 12.3 Å². The first-order chi connectivity index (χ1) is 12.6. The van der Waals surface area contributed by atoms with Crippen molar-refractivity contribution in [1.82, 2.24) is 4.90 Å². The van der Waals surface area contributed by atoms with Gasteiger partial charge in [-0.1, -0.05) is 0 Å². The molecule has 2 N–H and O–H groups in total. The van der Waals surface area contributed by atoms with E-state index in [1.807, 2.05) is 4.90 Å². The predicted octanol–water partition coefficient (Wildman–Crippen LogP) is 1.63. The molecule has 1 saturated heterocycles. The second-order valence-electron chi connectivity index (χ2n) is 5.85. The van der Waals surface area contributed by atoms with E-state index in [0.717, 1.165) is 0 Å². The summed E-state index contributed by atoms with van der Waals surface area (Å²) in [7, 11) is 0. The molecule has 1 aliphatic rings. The van der Waals surface area contributed by atoms with E-state index in [-0.39, 0.29) is 25.2 Å². The van der Waals surface area contributed by atoms with Crippen molar-refractivity contribution in [3.63, 3.8) is 0 Å². The number of ether oxygens (including phenoxy) is 1. The van der Waals surface area contributed by atoms with Gasteiger partial charge in [-0.25, -0.2) is 0 Å². The SMILES string of the molecule is O=[N+]([O-])c1cc(C(F)(F)F)cc([N+](=O)[O-])c1NC[C@@H](O)CN1CCOCC1. The van der Waals surface area contributed by atoms with Gasteiger partial charge in [-0.2, -0.15) is 13.2 Å². The number of β-amino-alcohol motifs (C(OH)–C–C–N with tert-alkyl or cyclic N) is 1. The number of morpholine rings is 1. The summed E-state index contributed by atoms with van der Waals surface area (Å²) in [4.78, 5) is 21.8. The number of aliphatic hydroxyl groups excluding tert-OH is 1. The quantitative estimate of drug-likeness (QED) is 0.527. The maximum Gasteiger partial charge on any atom is 0.416 e. The number of nitrogens with one attached hydrogen (secondary N) is 1. The molecule has 0 spiro atoms. The van der Waals surface area contributed by atoms with Crippen LogP contribution in [0.5, 0.6) is 0 Å². The molecule has 0 bridgehead atoms. The number of aliphatic hydroxyl groups is 1. The van der Waals surface area contributed by atoms with Gasteiger partial charge in [0, 0.05) is 38.3 Å². The van der Waals surface area contributed by atoms with E-state index in [1.165, 1.54) is 0 Å². The Kier molecular flexibility index (Phi) is 6.51. The van der Waals surface area contributed by atoms with Crippen LogP contribution in [0.2, 0.25) is 0 Å². The second kappa shape index (κ2) is 8.45. The number of hydrogen-bond acceptors (Lipinski definition) is 8. The Bertz CT molecular complexity index is 674. The number of alkyl halides is 3. The van der Waals surface area contributed by atoms with Crippen LogP contribution in [-0.4, -0.2) is 65.3 Å². The van der Waals surface area contributed by atoms with E-state index < -0.39 is 44.8 Å². The lowest BCUT2D eigenvalue weighted by Crippen LogP contribution is -2.42. The van der Waals surface area contributed by atoms with Crippen LogP contribution >= 0.6 is 0 Å². The molecule has 0 saturated carbocycles. The maximum absolute atomic E-state index is 12.9. The van der Waals surface area contributed by atoms with Crippen molar-refractivity contribution < 1.29 is 32.9 Å². The third-order valence-electron chi connectivity index (χ3n) is 3.90. The van der Waals surface area contributed by atoms with Gasteiger partial charge in [-0.15, -0.1) is 0 Å². The molecule has 1 heterocycles. The van der Waals surface area contributed by atoms with E-state index >= 15 is 0 Å². The number of nitro benzene ring substituents is 2. The Morgan fingerprint density at radius 3 is 2.15 bits per heavy atom. The van der Waals surface area contributed by atoms with Crippen molar-refractivity contribution >= 4 is 17.1 Å². The zero-order valence-electron chi connectivity index (χ0n) is 13.9. The summed E-state index contributed by atoms with van der Waals surface area (Å²) in [5.74, 6) is 0. The van der Waals surface area contributed by atoms with Crippen molar-refractivity contribution in [3.05, 3.63) is 37.9 Å². The summed E-state index contributed by atoms with van der Waals surface area (Å²) in [6.07, 6.45) is -6.03. The van der Waals surface area contributed by atoms with Crippen LogP contribution in [0.1, 0.15) is 5.56 Å². The Labute approximate surface area is 150 Å². The molecule has 1 aromatic carbocycles. The highest BCUT2D eigenvalue weighted by Gasteiger charge is 2.37. The van der Waals surface area contributed by atoms with Crippen molar-refractivity contribution in [2.75, 3.05) is 44.7 Å². The largest absolute Gasteiger partial charge is 0.416 e. The molecule has 1 aromatic rings. The van der Waals surface area contributed by atoms with E-state index in [1.54, 1.807) is 0 Å².